The molecule has 0 spiro atoms. The van der Waals surface area contributed by atoms with Crippen molar-refractivity contribution in [1.82, 2.24) is 15.0 Å². The number of esters is 5. The number of rotatable bonds is 23. The monoisotopic (exact) mass is 1370 g/mol. The van der Waals surface area contributed by atoms with Crippen molar-refractivity contribution in [1.29, 1.82) is 0 Å². The normalized spacial score (nSPS) is 10.3. The second kappa shape index (κ2) is 48.0. The predicted molar refractivity (Wildman–Crippen MR) is 324 cm³/mol. The molecule has 22 nitrogen and oxygen atoms in total. The number of halogens is 1. The maximum atomic E-state index is 11.7. The number of fused-ring (bicyclic) bond motifs is 3. The van der Waals surface area contributed by atoms with Gasteiger partial charge in [0.2, 0.25) is 0 Å². The summed E-state index contributed by atoms with van der Waals surface area (Å²) in [7, 11) is 2.62. The number of benzene rings is 3. The van der Waals surface area contributed by atoms with Gasteiger partial charge < -0.3 is 60.4 Å². The first kappa shape index (κ1) is 89.4. The van der Waals surface area contributed by atoms with Crippen LogP contribution < -0.4 is 147 Å². The quantitative estimate of drug-likeness (QED) is 0.0136. The fourth-order valence-electron chi connectivity index (χ4n) is 7.34. The number of carbonyl (C=O) groups excluding carboxylic acids is 6. The zero-order chi connectivity index (χ0) is 63.6. The van der Waals surface area contributed by atoms with E-state index in [1.807, 2.05) is 105 Å². The number of methoxy groups -OCH3 is 2. The van der Waals surface area contributed by atoms with E-state index in [1.165, 1.54) is 26.4 Å². The third-order valence-corrected chi connectivity index (χ3v) is 11.5. The Morgan fingerprint density at radius 3 is 1.18 bits per heavy atom. The summed E-state index contributed by atoms with van der Waals surface area (Å²) >= 11 is 3.35. The number of unbranched alkanes of at least 4 members (excludes halogenated alkanes) is 6. The number of pyridine rings is 3. The van der Waals surface area contributed by atoms with Crippen LogP contribution in [0.1, 0.15) is 172 Å². The number of phenols is 1. The van der Waals surface area contributed by atoms with E-state index in [0.29, 0.717) is 60.5 Å². The number of aromatic carboxylic acids is 1. The second-order valence-corrected chi connectivity index (χ2v) is 22.4. The summed E-state index contributed by atoms with van der Waals surface area (Å²) in [6.45, 7) is 17.6. The van der Waals surface area contributed by atoms with E-state index < -0.39 is 29.1 Å². The van der Waals surface area contributed by atoms with Gasteiger partial charge in [0.15, 0.2) is 0 Å². The van der Waals surface area contributed by atoms with Gasteiger partial charge in [0.1, 0.15) is 67.7 Å². The molecule has 0 aliphatic heterocycles. The Kier molecular flexibility index (Phi) is 48.3. The van der Waals surface area contributed by atoms with E-state index in [9.17, 15) is 33.9 Å². The van der Waals surface area contributed by atoms with Crippen LogP contribution in [0.25, 0.3) is 32.7 Å². The van der Waals surface area contributed by atoms with E-state index in [2.05, 4.69) is 40.5 Å². The van der Waals surface area contributed by atoms with Crippen molar-refractivity contribution in [2.75, 3.05) is 32.8 Å². The molecule has 6 aromatic rings. The maximum absolute atomic E-state index is 11.7. The van der Waals surface area contributed by atoms with Crippen molar-refractivity contribution < 1.29 is 226 Å². The molecule has 89 heavy (non-hydrogen) atoms. The van der Waals surface area contributed by atoms with Crippen LogP contribution in [0, 0.1) is 0 Å². The molecule has 3 N–H and O–H groups in total. The molecule has 0 saturated carbocycles. The minimum absolute atomic E-state index is 0. The van der Waals surface area contributed by atoms with E-state index in [4.69, 9.17) is 43.6 Å². The Hall–Kier alpha value is -3.75. The number of para-hydroxylation sites is 3. The van der Waals surface area contributed by atoms with E-state index in [-0.39, 0.29) is 192 Å². The van der Waals surface area contributed by atoms with Crippen LogP contribution >= 0.6 is 15.9 Å². The molecule has 3 aromatic carbocycles. The van der Waals surface area contributed by atoms with Crippen molar-refractivity contribution in [3.63, 3.8) is 0 Å². The summed E-state index contributed by atoms with van der Waals surface area (Å²) in [5.74, 6) is -1.24. The number of carbonyl (C=O) groups is 7. The van der Waals surface area contributed by atoms with Crippen LogP contribution in [0.15, 0.2) is 91.0 Å². The Morgan fingerprint density at radius 2 is 0.843 bits per heavy atom. The Labute approximate surface area is 638 Å². The Balaban J connectivity index is -0.000000546. The summed E-state index contributed by atoms with van der Waals surface area (Å²) in [5.41, 5.74) is 0.777. The van der Waals surface area contributed by atoms with Gasteiger partial charge in [-0.05, 0) is 150 Å². The van der Waals surface area contributed by atoms with Gasteiger partial charge in [0.25, 0.3) is 6.47 Å². The van der Waals surface area contributed by atoms with Gasteiger partial charge in [0.05, 0.1) is 27.4 Å². The van der Waals surface area contributed by atoms with Crippen molar-refractivity contribution >= 4 is 90.9 Å². The molecule has 26 heteroatoms. The molecule has 0 amide bonds. The van der Waals surface area contributed by atoms with Crippen molar-refractivity contribution in [2.24, 2.45) is 0 Å². The first-order valence-corrected chi connectivity index (χ1v) is 28.8. The van der Waals surface area contributed by atoms with Crippen molar-refractivity contribution in [2.45, 2.75) is 156 Å². The number of aromatic hydroxyl groups is 1. The average Bonchev–Trinajstić information content (AvgIpc) is 0.975. The second-order valence-electron chi connectivity index (χ2n) is 21.7. The van der Waals surface area contributed by atoms with Crippen LogP contribution in [0.2, 0.25) is 0 Å². The van der Waals surface area contributed by atoms with Crippen molar-refractivity contribution in [3.8, 4) is 17.2 Å². The fraction of sp³-hybridized carbons (Fsp3) is 0.460. The number of hydrogen-bond acceptors (Lipinski definition) is 21. The van der Waals surface area contributed by atoms with E-state index in [0.717, 1.165) is 79.3 Å². The smallest absolute Gasteiger partial charge is 1.00 e. The fourth-order valence-corrected chi connectivity index (χ4v) is 7.74. The number of carboxylic acid groups (broad SMARTS) is 1. The number of hydrogen-bond donors (Lipinski definition) is 2. The topological polar surface area (TPSA) is 326 Å². The molecular weight excluding hydrogens is 1280 g/mol. The summed E-state index contributed by atoms with van der Waals surface area (Å²) in [5, 5.41) is 30.6. The molecule has 0 radical (unpaired) electrons. The van der Waals surface area contributed by atoms with Crippen LogP contribution in [0.4, 0.5) is 0 Å². The molecule has 0 saturated heterocycles. The summed E-state index contributed by atoms with van der Waals surface area (Å²) in [6.07, 6.45) is 9.33. The summed E-state index contributed by atoms with van der Waals surface area (Å²) < 4.78 is 36.6. The zero-order valence-corrected chi connectivity index (χ0v) is 63.8. The Bertz CT molecular complexity index is 3110. The number of ether oxygens (including phenoxy) is 7. The number of phenolic OH excluding ortho intramolecular Hbond substituents is 1. The van der Waals surface area contributed by atoms with Crippen molar-refractivity contribution in [3.05, 3.63) is 108 Å². The third kappa shape index (κ3) is 38.8. The first-order valence-electron chi connectivity index (χ1n) is 27.6. The minimum atomic E-state index is -1.07. The molecular formula is C63H83BrK2N3NaO19. The third-order valence-electron chi connectivity index (χ3n) is 11.0. The molecule has 6 rings (SSSR count). The molecule has 3 aromatic heterocycles. The number of nitrogens with zero attached hydrogens (tertiary/aromatic N) is 3. The largest absolute Gasteiger partial charge is 1.00 e. The van der Waals surface area contributed by atoms with Gasteiger partial charge >= 0.3 is 168 Å². The molecule has 0 aliphatic rings. The van der Waals surface area contributed by atoms with Gasteiger partial charge in [-0.3, -0.25) is 19.2 Å². The van der Waals surface area contributed by atoms with E-state index >= 15 is 0 Å². The van der Waals surface area contributed by atoms with E-state index in [1.54, 1.807) is 36.4 Å². The first-order chi connectivity index (χ1) is 40.1. The number of alkyl halides is 1. The molecule has 474 valence electrons. The van der Waals surface area contributed by atoms with Gasteiger partial charge in [0, 0.05) is 40.8 Å². The predicted octanol–water partition coefficient (Wildman–Crippen LogP) is 2.91. The molecule has 0 aliphatic carbocycles. The van der Waals surface area contributed by atoms with Crippen LogP contribution in [0.3, 0.4) is 0 Å². The van der Waals surface area contributed by atoms with Gasteiger partial charge in [-0.25, -0.2) is 29.3 Å². The van der Waals surface area contributed by atoms with Crippen LogP contribution in [-0.2, 0) is 47.8 Å². The number of aromatic nitrogens is 3. The van der Waals surface area contributed by atoms with Gasteiger partial charge in [-0.2, -0.15) is 0 Å². The number of carboxylic acids is 1. The standard InChI is InChI=1S/C21H27NO5.C20H25NO5.C11H9NO3.C10H19BrO2.CH2O3.2K.Na.H2O.H/c1-21(2,3)27-18(23)11-6-5-7-14-26-17-10-8-9-15-12-13-16(20(24)25-4)22-19(15)17;1-20(2,3)26-17(22)10-5-4-6-13-25-16-9-7-8-14-11-12-15(19(23)24)21-18(14)16;1-15-11(14)8-6-5-7-3-2-4-9(13)10(7)12-8;1-10(2,3)13-9(12)7-5-4-6-8-11;2-1-4-3;;;;;/h8-10,12-13H,5-7,11,14H2,1-4H3;7-9,11-12H,4-6,10,13H2,1-3H3,(H,23,24);2-6,13H,1H3;4-8H2,1-3H3;1,3H;;;;1H2;/q;;;;;3*+1;;-1/p-2. The molecule has 0 bridgehead atoms. The molecule has 0 fully saturated rings. The minimum Gasteiger partial charge on any atom is -1.00 e. The molecule has 0 unspecified atom stereocenters. The van der Waals surface area contributed by atoms with Crippen LogP contribution in [-0.4, -0.2) is 122 Å². The Morgan fingerprint density at radius 1 is 0.517 bits per heavy atom. The molecule has 3 heterocycles. The average molecular weight is 1370 g/mol. The van der Waals surface area contributed by atoms with Crippen LogP contribution in [0.5, 0.6) is 17.2 Å². The van der Waals surface area contributed by atoms with Gasteiger partial charge in [-0.15, -0.1) is 0 Å². The zero-order valence-electron chi connectivity index (χ0n) is 54.9. The molecule has 0 atom stereocenters. The SMILES string of the molecule is CC(C)(C)OC(=O)CCCCCBr.CC(C)(C)OC(=O)CCCCCOc1cccc2ccc(C(=O)O)nc12.COC(=O)c1ccc2cccc(O)c2n1.COC(=O)c1ccc2cccc(OCCCCCC(=O)OC(C)(C)C)c2n1.O=CO[O-].[H-].[K+].[K+].[Na+].[OH-]. The summed E-state index contributed by atoms with van der Waals surface area (Å²) in [6, 6.07) is 26.1. The summed E-state index contributed by atoms with van der Waals surface area (Å²) in [4.78, 5) is 92.3. The maximum Gasteiger partial charge on any atom is 1.00 e. The van der Waals surface area contributed by atoms with Gasteiger partial charge in [-0.1, -0.05) is 76.9 Å².